The van der Waals surface area contributed by atoms with E-state index in [9.17, 15) is 28.8 Å². The molecule has 3 aromatic rings. The fourth-order valence-corrected chi connectivity index (χ4v) is 4.79. The molecule has 9 heteroatoms. The van der Waals surface area contributed by atoms with Crippen molar-refractivity contribution in [3.63, 3.8) is 0 Å². The van der Waals surface area contributed by atoms with Gasteiger partial charge in [0.05, 0.1) is 17.1 Å². The zero-order valence-corrected chi connectivity index (χ0v) is 20.2. The second-order valence-corrected chi connectivity index (χ2v) is 9.34. The molecule has 0 aromatic heterocycles. The predicted octanol–water partition coefficient (Wildman–Crippen LogP) is 4.65. The molecule has 0 saturated carbocycles. The summed E-state index contributed by atoms with van der Waals surface area (Å²) in [4.78, 5) is 24.9. The second kappa shape index (κ2) is 12.0. The summed E-state index contributed by atoms with van der Waals surface area (Å²) in [5.74, 6) is -1.00. The van der Waals surface area contributed by atoms with Crippen LogP contribution in [-0.4, -0.2) is 52.6 Å². The second-order valence-electron chi connectivity index (χ2n) is 9.34. The number of rotatable bonds is 9. The van der Waals surface area contributed by atoms with Crippen molar-refractivity contribution < 1.29 is 23.6 Å². The number of non-ortho nitro benzene ring substituents is 1. The molecule has 1 fully saturated rings. The summed E-state index contributed by atoms with van der Waals surface area (Å²) in [5, 5.41) is 24.3. The topological polar surface area (TPSA) is 95.7 Å². The van der Waals surface area contributed by atoms with Gasteiger partial charge < -0.3 is 15.3 Å². The molecule has 2 unspecified atom stereocenters. The fourth-order valence-electron chi connectivity index (χ4n) is 4.79. The predicted molar refractivity (Wildman–Crippen MR) is 135 cm³/mol. The van der Waals surface area contributed by atoms with Crippen LogP contribution < -0.4 is 5.32 Å². The van der Waals surface area contributed by atoms with Crippen LogP contribution in [0.15, 0.2) is 72.8 Å². The van der Waals surface area contributed by atoms with Gasteiger partial charge in [0.25, 0.3) is 11.6 Å². The lowest BCUT2D eigenvalue weighted by molar-refractivity contribution is -0.384. The van der Waals surface area contributed by atoms with Crippen molar-refractivity contribution >= 4 is 11.6 Å². The molecule has 1 saturated heterocycles. The quantitative estimate of drug-likeness (QED) is 0.323. The number of nitro groups is 1. The summed E-state index contributed by atoms with van der Waals surface area (Å²) in [5.41, 5.74) is 2.13. The first-order valence-electron chi connectivity index (χ1n) is 12.3. The molecule has 2 atom stereocenters. The number of β-amino-alcohol motifs (C(OH)–C–C–N with tert-alkyl or cyclic N) is 1. The number of piperidine rings is 1. The van der Waals surface area contributed by atoms with Gasteiger partial charge in [-0.3, -0.25) is 14.9 Å². The first-order valence-corrected chi connectivity index (χ1v) is 12.3. The maximum Gasteiger partial charge on any atom is 0.269 e. The molecule has 1 aliphatic rings. The molecule has 2 N–H and O–H groups in total. The van der Waals surface area contributed by atoms with Crippen molar-refractivity contribution in [2.45, 2.75) is 37.3 Å². The van der Waals surface area contributed by atoms with Crippen LogP contribution in [0.1, 0.15) is 46.7 Å². The summed E-state index contributed by atoms with van der Waals surface area (Å²) < 4.78 is 26.9. The van der Waals surface area contributed by atoms with Gasteiger partial charge in [-0.2, -0.15) is 0 Å². The van der Waals surface area contributed by atoms with E-state index in [1.165, 1.54) is 48.5 Å². The van der Waals surface area contributed by atoms with Crippen molar-refractivity contribution in [2.75, 3.05) is 19.6 Å². The number of amides is 1. The van der Waals surface area contributed by atoms with Crippen LogP contribution in [0, 0.1) is 21.7 Å². The number of aliphatic hydroxyl groups is 1. The molecular weight excluding hydrogens is 480 g/mol. The number of hydrogen-bond donors (Lipinski definition) is 2. The van der Waals surface area contributed by atoms with Gasteiger partial charge in [0, 0.05) is 36.7 Å². The number of hydrogen-bond acceptors (Lipinski definition) is 5. The van der Waals surface area contributed by atoms with Crippen molar-refractivity contribution in [1.82, 2.24) is 10.2 Å². The van der Waals surface area contributed by atoms with Gasteiger partial charge in [-0.05, 0) is 73.3 Å². The van der Waals surface area contributed by atoms with Crippen LogP contribution in [0.4, 0.5) is 14.5 Å². The van der Waals surface area contributed by atoms with Crippen LogP contribution in [0.5, 0.6) is 0 Å². The molecule has 1 aliphatic heterocycles. The highest BCUT2D eigenvalue weighted by Gasteiger charge is 2.29. The van der Waals surface area contributed by atoms with Crippen LogP contribution in [0.2, 0.25) is 0 Å². The molecule has 0 radical (unpaired) electrons. The number of likely N-dealkylation sites (tertiary alicyclic amines) is 1. The Morgan fingerprint density at radius 3 is 2.08 bits per heavy atom. The highest BCUT2D eigenvalue weighted by atomic mass is 19.1. The number of halogens is 2. The summed E-state index contributed by atoms with van der Waals surface area (Å²) in [6.45, 7) is 1.84. The van der Waals surface area contributed by atoms with Crippen LogP contribution in [0.3, 0.4) is 0 Å². The minimum atomic E-state index is -0.749. The minimum absolute atomic E-state index is 0.00959. The lowest BCUT2D eigenvalue weighted by Crippen LogP contribution is -2.54. The summed E-state index contributed by atoms with van der Waals surface area (Å²) in [7, 11) is 0. The molecule has 3 aromatic carbocycles. The van der Waals surface area contributed by atoms with Gasteiger partial charge in [-0.1, -0.05) is 24.3 Å². The Hall–Kier alpha value is -3.69. The number of nitrogens with zero attached hydrogens (tertiary/aromatic N) is 2. The van der Waals surface area contributed by atoms with Gasteiger partial charge in [-0.25, -0.2) is 8.78 Å². The Bertz CT molecular complexity index is 1160. The van der Waals surface area contributed by atoms with Crippen molar-refractivity contribution in [3.05, 3.63) is 111 Å². The monoisotopic (exact) mass is 509 g/mol. The minimum Gasteiger partial charge on any atom is -0.390 e. The van der Waals surface area contributed by atoms with E-state index in [1.54, 1.807) is 24.3 Å². The number of nitrogens with one attached hydrogen (secondary N) is 1. The smallest absolute Gasteiger partial charge is 0.269 e. The van der Waals surface area contributed by atoms with Crippen LogP contribution in [0.25, 0.3) is 0 Å². The highest BCUT2D eigenvalue weighted by Crippen LogP contribution is 2.30. The lowest BCUT2D eigenvalue weighted by Gasteiger charge is -2.36. The summed E-state index contributed by atoms with van der Waals surface area (Å²) in [6, 6.07) is 17.7. The van der Waals surface area contributed by atoms with E-state index in [2.05, 4.69) is 10.2 Å². The normalized spacial score (nSPS) is 18.1. The Morgan fingerprint density at radius 1 is 1.00 bits per heavy atom. The third-order valence-corrected chi connectivity index (χ3v) is 6.83. The van der Waals surface area contributed by atoms with Crippen LogP contribution >= 0.6 is 0 Å². The number of carbonyl (C=O) groups is 1. The molecular formula is C28H29F2N3O4. The maximum atomic E-state index is 13.5. The molecule has 1 heterocycles. The van der Waals surface area contributed by atoms with Gasteiger partial charge in [0.15, 0.2) is 0 Å². The average Bonchev–Trinajstić information content (AvgIpc) is 2.89. The number of aliphatic hydroxyl groups excluding tert-OH is 1. The highest BCUT2D eigenvalue weighted by molar-refractivity contribution is 5.94. The molecule has 37 heavy (non-hydrogen) atoms. The van der Waals surface area contributed by atoms with Crippen molar-refractivity contribution in [3.8, 4) is 0 Å². The summed E-state index contributed by atoms with van der Waals surface area (Å²) >= 11 is 0. The van der Waals surface area contributed by atoms with Gasteiger partial charge in [-0.15, -0.1) is 0 Å². The lowest BCUT2D eigenvalue weighted by atomic mass is 9.87. The van der Waals surface area contributed by atoms with E-state index in [-0.39, 0.29) is 29.1 Å². The third-order valence-electron chi connectivity index (χ3n) is 6.83. The van der Waals surface area contributed by atoms with E-state index >= 15 is 0 Å². The Morgan fingerprint density at radius 2 is 1.57 bits per heavy atom. The van der Waals surface area contributed by atoms with Crippen molar-refractivity contribution in [2.24, 2.45) is 0 Å². The summed E-state index contributed by atoms with van der Waals surface area (Å²) in [6.07, 6.45) is 1.40. The molecule has 194 valence electrons. The van der Waals surface area contributed by atoms with Gasteiger partial charge in [0.1, 0.15) is 11.6 Å². The molecule has 0 bridgehead atoms. The molecule has 1 amide bonds. The van der Waals surface area contributed by atoms with E-state index in [4.69, 9.17) is 0 Å². The average molecular weight is 510 g/mol. The zero-order valence-electron chi connectivity index (χ0n) is 20.2. The molecule has 7 nitrogen and oxygen atoms in total. The fraction of sp³-hybridized carbons (Fsp3) is 0.321. The van der Waals surface area contributed by atoms with E-state index in [0.717, 1.165) is 30.5 Å². The first-order chi connectivity index (χ1) is 17.8. The number of nitro benzene ring substituents is 1. The van der Waals surface area contributed by atoms with Gasteiger partial charge in [0.2, 0.25) is 0 Å². The Balaban J connectivity index is 1.30. The number of carbonyl (C=O) groups excluding carboxylic acids is 1. The molecule has 0 spiro atoms. The van der Waals surface area contributed by atoms with E-state index in [1.807, 2.05) is 0 Å². The van der Waals surface area contributed by atoms with E-state index in [0.29, 0.717) is 25.1 Å². The molecule has 4 rings (SSSR count). The zero-order chi connectivity index (χ0) is 26.4. The van der Waals surface area contributed by atoms with Crippen molar-refractivity contribution in [1.29, 1.82) is 0 Å². The largest absolute Gasteiger partial charge is 0.390 e. The standard InChI is InChI=1S/C28H29F2N3O4/c29-22-9-3-19(4-10-22)25(20-5-11-23(30)12-6-20)2-1-16-32-17-15-26(27(34)18-32)31-28(35)21-7-13-24(14-8-21)33(36)37/h3-14,25-27,34H,1-2,15-18H2,(H,31,35). The maximum absolute atomic E-state index is 13.5. The van der Waals surface area contributed by atoms with Gasteiger partial charge >= 0.3 is 0 Å². The van der Waals surface area contributed by atoms with Crippen LogP contribution in [-0.2, 0) is 0 Å². The molecule has 0 aliphatic carbocycles. The first kappa shape index (κ1) is 26.4. The third kappa shape index (κ3) is 6.96. The Labute approximate surface area is 213 Å². The SMILES string of the molecule is O=C(NC1CCN(CCCC(c2ccc(F)cc2)c2ccc(F)cc2)CC1O)c1ccc([N+](=O)[O-])cc1. The van der Waals surface area contributed by atoms with E-state index < -0.39 is 17.1 Å². The Kier molecular flexibility index (Phi) is 8.58. The number of benzene rings is 3.